The van der Waals surface area contributed by atoms with Crippen LogP contribution in [0.5, 0.6) is 0 Å². The first-order valence-corrected chi connectivity index (χ1v) is 17.4. The first kappa shape index (κ1) is 36.7. The summed E-state index contributed by atoms with van der Waals surface area (Å²) in [5.41, 5.74) is -1.62. The number of carbonyl (C=O) groups excluding carboxylic acids is 3. The highest BCUT2D eigenvalue weighted by Crippen LogP contribution is 2.37. The van der Waals surface area contributed by atoms with Crippen molar-refractivity contribution < 1.29 is 40.7 Å². The van der Waals surface area contributed by atoms with Crippen LogP contribution >= 0.6 is 0 Å². The van der Waals surface area contributed by atoms with Gasteiger partial charge in [-0.15, -0.1) is 0 Å². The van der Waals surface area contributed by atoms with E-state index in [0.717, 1.165) is 37.2 Å². The molecule has 5 amide bonds. The number of nitrogens with one attached hydrogen (secondary N) is 2. The van der Waals surface area contributed by atoms with E-state index in [0.29, 0.717) is 63.7 Å². The predicted molar refractivity (Wildman–Crippen MR) is 177 cm³/mol. The Kier molecular flexibility index (Phi) is 10.7. The molecule has 2 aromatic rings. The van der Waals surface area contributed by atoms with Gasteiger partial charge in [-0.1, -0.05) is 18.2 Å². The van der Waals surface area contributed by atoms with Crippen LogP contribution in [0.2, 0.25) is 0 Å². The Morgan fingerprint density at radius 1 is 0.804 bits per heavy atom. The van der Waals surface area contributed by atoms with E-state index in [9.17, 15) is 40.7 Å². The molecule has 16 heteroatoms. The van der Waals surface area contributed by atoms with Gasteiger partial charge in [0.1, 0.15) is 6.04 Å². The Hall–Kier alpha value is -4.05. The van der Waals surface area contributed by atoms with Crippen molar-refractivity contribution in [2.75, 3.05) is 64.7 Å². The minimum atomic E-state index is -5.05. The van der Waals surface area contributed by atoms with Crippen molar-refractivity contribution in [3.05, 3.63) is 64.7 Å². The monoisotopic (exact) mass is 723 g/mol. The Bertz CT molecular complexity index is 1550. The van der Waals surface area contributed by atoms with Crippen LogP contribution in [0.25, 0.3) is 0 Å². The number of para-hydroxylation sites is 1. The lowest BCUT2D eigenvalue weighted by atomic mass is 9.98. The summed E-state index contributed by atoms with van der Waals surface area (Å²) in [5, 5.41) is 5.56. The van der Waals surface area contributed by atoms with E-state index >= 15 is 0 Å². The molecule has 0 radical (unpaired) electrons. The number of nitrogens with zero attached hydrogens (tertiary/aromatic N) is 5. The first-order chi connectivity index (χ1) is 24.2. The Balaban J connectivity index is 1.15. The molecule has 1 atom stereocenters. The molecular formula is C35H43F6N7O3. The number of amides is 5. The van der Waals surface area contributed by atoms with E-state index in [1.165, 1.54) is 9.80 Å². The van der Waals surface area contributed by atoms with Crippen LogP contribution in [-0.4, -0.2) is 120 Å². The number of alkyl halides is 6. The molecule has 2 N–H and O–H groups in total. The number of piperazine rings is 1. The zero-order valence-corrected chi connectivity index (χ0v) is 28.4. The van der Waals surface area contributed by atoms with Gasteiger partial charge in [0.05, 0.1) is 11.1 Å². The summed E-state index contributed by atoms with van der Waals surface area (Å²) in [7, 11) is 2.07. The summed E-state index contributed by atoms with van der Waals surface area (Å²) in [4.78, 5) is 49.7. The number of rotatable bonds is 6. The second kappa shape index (κ2) is 14.9. The molecule has 0 saturated carbocycles. The van der Waals surface area contributed by atoms with Crippen molar-refractivity contribution in [2.24, 2.45) is 0 Å². The fourth-order valence-electron chi connectivity index (χ4n) is 7.60. The lowest BCUT2D eigenvalue weighted by molar-refractivity contribution is -0.143. The summed E-state index contributed by atoms with van der Waals surface area (Å²) in [6.45, 7) is 4.60. The molecule has 4 heterocycles. The minimum Gasteiger partial charge on any atom is -0.338 e. The summed E-state index contributed by atoms with van der Waals surface area (Å²) in [6.07, 6.45) is -7.79. The summed E-state index contributed by atoms with van der Waals surface area (Å²) in [6, 6.07) is 6.66. The molecule has 4 aliphatic heterocycles. The lowest BCUT2D eigenvalue weighted by Gasteiger charge is -2.43. The molecule has 0 aromatic heterocycles. The topological polar surface area (TPSA) is 91.5 Å². The molecule has 278 valence electrons. The van der Waals surface area contributed by atoms with Gasteiger partial charge in [0.15, 0.2) is 0 Å². The third-order valence-corrected chi connectivity index (χ3v) is 10.6. The van der Waals surface area contributed by atoms with Crippen molar-refractivity contribution >= 4 is 23.7 Å². The van der Waals surface area contributed by atoms with Gasteiger partial charge in [0, 0.05) is 70.0 Å². The molecule has 3 fully saturated rings. The summed E-state index contributed by atoms with van der Waals surface area (Å²) >= 11 is 0. The van der Waals surface area contributed by atoms with Crippen LogP contribution in [0.1, 0.15) is 47.9 Å². The Labute approximate surface area is 292 Å². The molecular weight excluding hydrogens is 680 g/mol. The lowest BCUT2D eigenvalue weighted by Crippen LogP contribution is -2.59. The SMILES string of the molecule is CN1CCC(N2CCN(C(=O)C(Cc3cc(C(F)(F)F)cc(C(F)(F)F)c3)NC(=O)N3CCC(N4Cc5ccccc5NC4=O)CC3)CC2)CC1. The largest absolute Gasteiger partial charge is 0.416 e. The zero-order valence-electron chi connectivity index (χ0n) is 28.4. The highest BCUT2D eigenvalue weighted by atomic mass is 19.4. The molecule has 6 rings (SSSR count). The number of likely N-dealkylation sites (tertiary alicyclic amines) is 2. The van der Waals surface area contributed by atoms with Crippen LogP contribution in [-0.2, 0) is 30.1 Å². The van der Waals surface area contributed by atoms with Crippen LogP contribution in [0.15, 0.2) is 42.5 Å². The number of anilines is 1. The van der Waals surface area contributed by atoms with Gasteiger partial charge in [0.2, 0.25) is 5.91 Å². The molecule has 2 aromatic carbocycles. The quantitative estimate of drug-likeness (QED) is 0.406. The van der Waals surface area contributed by atoms with Gasteiger partial charge in [0.25, 0.3) is 0 Å². The highest BCUT2D eigenvalue weighted by molar-refractivity contribution is 5.92. The van der Waals surface area contributed by atoms with E-state index < -0.39 is 47.9 Å². The van der Waals surface area contributed by atoms with Crippen LogP contribution < -0.4 is 10.6 Å². The summed E-state index contributed by atoms with van der Waals surface area (Å²) in [5.74, 6) is -0.559. The van der Waals surface area contributed by atoms with E-state index in [2.05, 4.69) is 27.5 Å². The highest BCUT2D eigenvalue weighted by Gasteiger charge is 2.39. The number of hydrogen-bond acceptors (Lipinski definition) is 5. The number of halogens is 6. The van der Waals surface area contributed by atoms with Crippen LogP contribution in [0.4, 0.5) is 41.6 Å². The average molecular weight is 724 g/mol. The first-order valence-electron chi connectivity index (χ1n) is 17.4. The molecule has 10 nitrogen and oxygen atoms in total. The van der Waals surface area contributed by atoms with Crippen molar-refractivity contribution in [2.45, 2.75) is 69.1 Å². The number of fused-ring (bicyclic) bond motifs is 1. The second-order valence-corrected chi connectivity index (χ2v) is 13.9. The molecule has 0 aliphatic carbocycles. The maximum absolute atomic E-state index is 14.0. The summed E-state index contributed by atoms with van der Waals surface area (Å²) < 4.78 is 82.2. The number of benzene rings is 2. The fraction of sp³-hybridized carbons (Fsp3) is 0.571. The third kappa shape index (κ3) is 8.71. The van der Waals surface area contributed by atoms with Crippen molar-refractivity contribution in [3.8, 4) is 0 Å². The van der Waals surface area contributed by atoms with Gasteiger partial charge >= 0.3 is 24.4 Å². The molecule has 4 aliphatic rings. The van der Waals surface area contributed by atoms with Gasteiger partial charge in [-0.3, -0.25) is 9.69 Å². The standard InChI is InChI=1S/C35H43F6N7O3/c1-44-10-6-27(7-11-44)45-14-16-46(17-15-45)31(49)30(20-23-18-25(34(36,37)38)21-26(19-23)35(39,40)41)43-32(50)47-12-8-28(9-13-47)48-22-24-4-2-3-5-29(24)42-33(48)51/h2-5,18-19,21,27-28,30H,6-17,20,22H2,1H3,(H,42,51)(H,43,50). The third-order valence-electron chi connectivity index (χ3n) is 10.6. The molecule has 0 bridgehead atoms. The maximum atomic E-state index is 14.0. The van der Waals surface area contributed by atoms with Gasteiger partial charge in [-0.05, 0) is 81.2 Å². The second-order valence-electron chi connectivity index (χ2n) is 13.9. The smallest absolute Gasteiger partial charge is 0.338 e. The van der Waals surface area contributed by atoms with E-state index in [1.54, 1.807) is 4.90 Å². The molecule has 0 spiro atoms. The minimum absolute atomic E-state index is 0.0481. The number of carbonyl (C=O) groups is 3. The van der Waals surface area contributed by atoms with Crippen molar-refractivity contribution in [1.29, 1.82) is 0 Å². The molecule has 3 saturated heterocycles. The normalized spacial score (nSPS) is 20.9. The molecule has 1 unspecified atom stereocenters. The fourth-order valence-corrected chi connectivity index (χ4v) is 7.60. The van der Waals surface area contributed by atoms with Gasteiger partial charge < -0.3 is 30.2 Å². The Morgan fingerprint density at radius 2 is 1.39 bits per heavy atom. The van der Waals surface area contributed by atoms with Crippen LogP contribution in [0, 0.1) is 0 Å². The Morgan fingerprint density at radius 3 is 2.00 bits per heavy atom. The number of piperidine rings is 2. The number of hydrogen-bond donors (Lipinski definition) is 2. The van der Waals surface area contributed by atoms with E-state index in [4.69, 9.17) is 0 Å². The van der Waals surface area contributed by atoms with Crippen molar-refractivity contribution in [3.63, 3.8) is 0 Å². The van der Waals surface area contributed by atoms with Gasteiger partial charge in [-0.2, -0.15) is 26.3 Å². The maximum Gasteiger partial charge on any atom is 0.416 e. The average Bonchev–Trinajstić information content (AvgIpc) is 3.10. The molecule has 51 heavy (non-hydrogen) atoms. The van der Waals surface area contributed by atoms with Gasteiger partial charge in [-0.25, -0.2) is 9.59 Å². The van der Waals surface area contributed by atoms with E-state index in [-0.39, 0.29) is 36.8 Å². The predicted octanol–water partition coefficient (Wildman–Crippen LogP) is 5.10. The van der Waals surface area contributed by atoms with Crippen molar-refractivity contribution in [1.82, 2.24) is 29.8 Å². The van der Waals surface area contributed by atoms with Crippen LogP contribution in [0.3, 0.4) is 0 Å². The van der Waals surface area contributed by atoms with E-state index in [1.807, 2.05) is 24.3 Å². The zero-order chi connectivity index (χ0) is 36.5. The number of urea groups is 2.